The Kier molecular flexibility index (Phi) is 2.46. The van der Waals surface area contributed by atoms with Crippen LogP contribution >= 0.6 is 0 Å². The average Bonchev–Trinajstić information content (AvgIpc) is 3.17. The lowest BCUT2D eigenvalue weighted by molar-refractivity contribution is -0.372. The van der Waals surface area contributed by atoms with Gasteiger partial charge in [0.15, 0.2) is 0 Å². The molecule has 9 rings (SSSR count). The zero-order valence-corrected chi connectivity index (χ0v) is 15.9. The highest BCUT2D eigenvalue weighted by Gasteiger charge is 2.88. The maximum absolute atomic E-state index is 11.4. The normalized spacial score (nSPS) is 69.5. The minimum absolute atomic E-state index is 0.0470. The van der Waals surface area contributed by atoms with Crippen molar-refractivity contribution in [3.8, 4) is 0 Å². The molecular weight excluding hydrogens is 326 g/mol. The van der Waals surface area contributed by atoms with Crippen molar-refractivity contribution in [1.29, 1.82) is 0 Å². The van der Waals surface area contributed by atoms with E-state index < -0.39 is 6.10 Å². The van der Waals surface area contributed by atoms with Gasteiger partial charge in [-0.05, 0) is 62.0 Å². The monoisotopic (exact) mass is 357 g/mol. The van der Waals surface area contributed by atoms with Crippen molar-refractivity contribution in [3.63, 3.8) is 0 Å². The molecular formula is C22H31NO3. The first-order valence-corrected chi connectivity index (χ1v) is 10.9. The second-order valence-corrected chi connectivity index (χ2v) is 10.9. The molecule has 4 nitrogen and oxygen atoms in total. The third-order valence-electron chi connectivity index (χ3n) is 11.0. The van der Waals surface area contributed by atoms with Gasteiger partial charge in [0.05, 0.1) is 18.3 Å². The van der Waals surface area contributed by atoms with Gasteiger partial charge in [-0.2, -0.15) is 0 Å². The lowest BCUT2D eigenvalue weighted by atomic mass is 9.41. The van der Waals surface area contributed by atoms with Gasteiger partial charge in [-0.1, -0.05) is 20.4 Å². The molecule has 2 N–H and O–H groups in total. The minimum Gasteiger partial charge on any atom is -0.392 e. The fourth-order valence-electron chi connectivity index (χ4n) is 10.5. The van der Waals surface area contributed by atoms with Crippen LogP contribution in [0.1, 0.15) is 46.0 Å². The highest BCUT2D eigenvalue weighted by molar-refractivity contribution is 5.40. The third kappa shape index (κ3) is 1.14. The van der Waals surface area contributed by atoms with Crippen LogP contribution in [0.4, 0.5) is 0 Å². The highest BCUT2D eigenvalue weighted by atomic mass is 16.5. The quantitative estimate of drug-likeness (QED) is 0.706. The Balaban J connectivity index is 1.51. The summed E-state index contributed by atoms with van der Waals surface area (Å²) in [6.45, 7) is 10.1. The molecule has 26 heavy (non-hydrogen) atoms. The van der Waals surface area contributed by atoms with Crippen LogP contribution in [0.15, 0.2) is 12.2 Å². The van der Waals surface area contributed by atoms with Crippen molar-refractivity contribution < 1.29 is 14.9 Å². The van der Waals surface area contributed by atoms with E-state index in [0.717, 1.165) is 25.0 Å². The van der Waals surface area contributed by atoms with Gasteiger partial charge >= 0.3 is 0 Å². The molecule has 2 unspecified atom stereocenters. The molecule has 0 amide bonds. The molecule has 5 saturated carbocycles. The van der Waals surface area contributed by atoms with Crippen LogP contribution in [0.3, 0.4) is 0 Å². The van der Waals surface area contributed by atoms with E-state index in [1.807, 2.05) is 0 Å². The van der Waals surface area contributed by atoms with Crippen LogP contribution in [0.2, 0.25) is 0 Å². The van der Waals surface area contributed by atoms with Gasteiger partial charge in [0, 0.05) is 28.2 Å². The van der Waals surface area contributed by atoms with E-state index in [9.17, 15) is 10.2 Å². The lowest BCUT2D eigenvalue weighted by Gasteiger charge is -2.73. The molecule has 0 radical (unpaired) electrons. The van der Waals surface area contributed by atoms with Crippen molar-refractivity contribution >= 4 is 0 Å². The smallest absolute Gasteiger partial charge is 0.116 e. The number of hydrogen-bond acceptors (Lipinski definition) is 4. The maximum Gasteiger partial charge on any atom is 0.116 e. The molecule has 0 aromatic rings. The largest absolute Gasteiger partial charge is 0.392 e. The van der Waals surface area contributed by atoms with Gasteiger partial charge < -0.3 is 14.9 Å². The summed E-state index contributed by atoms with van der Waals surface area (Å²) in [5.41, 5.74) is 1.28. The van der Waals surface area contributed by atoms with Gasteiger partial charge in [-0.3, -0.25) is 4.90 Å². The summed E-state index contributed by atoms with van der Waals surface area (Å²) in [6, 6.07) is 0.547. The number of nitrogens with zero attached hydrogens (tertiary/aromatic N) is 1. The molecule has 0 aromatic heterocycles. The molecule has 9 fully saturated rings. The van der Waals surface area contributed by atoms with Gasteiger partial charge in [0.1, 0.15) is 6.23 Å². The first-order valence-electron chi connectivity index (χ1n) is 10.9. The predicted molar refractivity (Wildman–Crippen MR) is 96.0 cm³/mol. The SMILES string of the molecule is C=C1[C@@H](O)[C@]23C[C@@H]1[C@@H](O)C[C@H]2[C@@]12C4[C@@H]3C[C@@H]1[C@@]1(C)CC[C@@H]2OC1N4CC. The minimum atomic E-state index is -0.426. The zero-order valence-electron chi connectivity index (χ0n) is 15.9. The molecule has 4 heterocycles. The van der Waals surface area contributed by atoms with E-state index in [1.54, 1.807) is 0 Å². The van der Waals surface area contributed by atoms with Crippen molar-refractivity contribution in [1.82, 2.24) is 4.90 Å². The topological polar surface area (TPSA) is 52.9 Å². The van der Waals surface area contributed by atoms with E-state index in [0.29, 0.717) is 29.9 Å². The van der Waals surface area contributed by atoms with Gasteiger partial charge in [-0.25, -0.2) is 0 Å². The Morgan fingerprint density at radius 2 is 2.08 bits per heavy atom. The predicted octanol–water partition coefficient (Wildman–Crippen LogP) is 2.16. The first-order chi connectivity index (χ1) is 12.4. The summed E-state index contributed by atoms with van der Waals surface area (Å²) >= 11 is 0. The van der Waals surface area contributed by atoms with E-state index in [-0.39, 0.29) is 34.5 Å². The number of aliphatic hydroxyl groups is 2. The summed E-state index contributed by atoms with van der Waals surface area (Å²) in [4.78, 5) is 2.69. The van der Waals surface area contributed by atoms with Crippen molar-refractivity contribution in [2.75, 3.05) is 6.54 Å². The van der Waals surface area contributed by atoms with Crippen molar-refractivity contribution in [3.05, 3.63) is 12.2 Å². The second kappa shape index (κ2) is 4.12. The molecule has 4 aliphatic heterocycles. The number of hydrogen-bond donors (Lipinski definition) is 2. The van der Waals surface area contributed by atoms with Crippen LogP contribution in [0.5, 0.6) is 0 Å². The van der Waals surface area contributed by atoms with Gasteiger partial charge in [0.25, 0.3) is 0 Å². The number of aliphatic hydroxyl groups excluding tert-OH is 2. The standard InChI is InChI=1S/C22H31NO3/c1-4-23-17-12-7-14-20(3)6-5-16(26-19(20)23)22(14,17)15-8-13(24)11-9-21(12,15)18(25)10(11)2/h11-19,24-25H,2,4-9H2,1,3H3/t11-,12-,13-,14+,15+,16-,17?,18+,19?,20+,21-,22-/m0/s1. The number of fused-ring (bicyclic) bond motifs is 2. The van der Waals surface area contributed by atoms with Crippen LogP contribution in [-0.4, -0.2) is 52.2 Å². The average molecular weight is 357 g/mol. The van der Waals surface area contributed by atoms with Crippen LogP contribution < -0.4 is 0 Å². The summed E-state index contributed by atoms with van der Waals surface area (Å²) in [6.07, 6.45) is 5.38. The molecule has 5 aliphatic carbocycles. The van der Waals surface area contributed by atoms with Crippen LogP contribution in [0, 0.1) is 39.9 Å². The lowest BCUT2D eigenvalue weighted by Crippen LogP contribution is -2.78. The Hall–Kier alpha value is -0.420. The van der Waals surface area contributed by atoms with Gasteiger partial charge in [0.2, 0.25) is 0 Å². The number of ether oxygens (including phenoxy) is 1. The summed E-state index contributed by atoms with van der Waals surface area (Å²) in [5.74, 6) is 1.77. The molecule has 0 aromatic carbocycles. The van der Waals surface area contributed by atoms with Crippen molar-refractivity contribution in [2.45, 2.75) is 76.5 Å². The van der Waals surface area contributed by atoms with Gasteiger partial charge in [-0.15, -0.1) is 0 Å². The van der Waals surface area contributed by atoms with E-state index >= 15 is 0 Å². The molecule has 4 heteroatoms. The molecule has 142 valence electrons. The summed E-state index contributed by atoms with van der Waals surface area (Å²) < 4.78 is 6.78. The van der Waals surface area contributed by atoms with E-state index in [1.165, 1.54) is 19.3 Å². The first kappa shape index (κ1) is 15.5. The zero-order chi connectivity index (χ0) is 17.8. The Morgan fingerprint density at radius 1 is 1.27 bits per heavy atom. The Labute approximate surface area is 155 Å². The molecule has 9 aliphatic rings. The van der Waals surface area contributed by atoms with E-state index in [2.05, 4.69) is 25.3 Å². The maximum atomic E-state index is 11.4. The summed E-state index contributed by atoms with van der Waals surface area (Å²) in [7, 11) is 0. The Morgan fingerprint density at radius 3 is 2.85 bits per heavy atom. The van der Waals surface area contributed by atoms with Crippen molar-refractivity contribution in [2.24, 2.45) is 39.9 Å². The molecule has 9 bridgehead atoms. The molecule has 4 saturated heterocycles. The van der Waals surface area contributed by atoms with Crippen LogP contribution in [0.25, 0.3) is 0 Å². The van der Waals surface area contributed by atoms with Crippen LogP contribution in [-0.2, 0) is 4.74 Å². The second-order valence-electron chi connectivity index (χ2n) is 10.9. The fourth-order valence-corrected chi connectivity index (χ4v) is 10.5. The fraction of sp³-hybridized carbons (Fsp3) is 0.909. The number of piperidine rings is 1. The number of rotatable bonds is 1. The highest BCUT2D eigenvalue weighted by Crippen LogP contribution is 2.86. The third-order valence-corrected chi connectivity index (χ3v) is 11.0. The Bertz CT molecular complexity index is 739. The molecule has 12 atom stereocenters. The summed E-state index contributed by atoms with van der Waals surface area (Å²) in [5, 5.41) is 22.4. The van der Waals surface area contributed by atoms with E-state index in [4.69, 9.17) is 4.74 Å². The molecule has 2 spiro atoms.